The zero-order valence-corrected chi connectivity index (χ0v) is 13.3. The molecule has 0 spiro atoms. The van der Waals surface area contributed by atoms with Crippen LogP contribution in [0.4, 0.5) is 0 Å². The minimum absolute atomic E-state index is 0.364. The summed E-state index contributed by atoms with van der Waals surface area (Å²) in [5.74, 6) is 0.364. The highest BCUT2D eigenvalue weighted by molar-refractivity contribution is 5.76. The molecule has 2 N–H and O–H groups in total. The number of carbonyl (C=O) groups excluding carboxylic acids is 1. The lowest BCUT2D eigenvalue weighted by atomic mass is 10.1. The number of hydrogen-bond donors (Lipinski definition) is 1. The molecule has 20 heavy (non-hydrogen) atoms. The van der Waals surface area contributed by atoms with Crippen LogP contribution in [-0.4, -0.2) is 55.0 Å². The van der Waals surface area contributed by atoms with E-state index in [2.05, 4.69) is 16.7 Å². The summed E-state index contributed by atoms with van der Waals surface area (Å²) >= 11 is 0. The number of piperazine rings is 1. The van der Waals surface area contributed by atoms with Gasteiger partial charge in [0.05, 0.1) is 0 Å². The molecule has 1 aliphatic heterocycles. The van der Waals surface area contributed by atoms with Gasteiger partial charge in [-0.15, -0.1) is 0 Å². The SMILES string of the molecule is CCCCCCCC(=O)N1CCN(CCCCN)CC1. The average Bonchev–Trinajstić information content (AvgIpc) is 2.48. The summed E-state index contributed by atoms with van der Waals surface area (Å²) in [4.78, 5) is 16.6. The second-order valence-electron chi connectivity index (χ2n) is 5.88. The topological polar surface area (TPSA) is 49.6 Å². The van der Waals surface area contributed by atoms with Gasteiger partial charge in [-0.05, 0) is 32.4 Å². The molecular weight excluding hydrogens is 250 g/mol. The third-order valence-corrected chi connectivity index (χ3v) is 4.15. The molecule has 0 unspecified atom stereocenters. The number of nitrogens with zero attached hydrogens (tertiary/aromatic N) is 2. The molecule has 0 saturated carbocycles. The van der Waals surface area contributed by atoms with Gasteiger partial charge in [-0.1, -0.05) is 32.6 Å². The smallest absolute Gasteiger partial charge is 0.222 e. The highest BCUT2D eigenvalue weighted by Crippen LogP contribution is 2.09. The number of rotatable bonds is 10. The molecule has 1 aliphatic rings. The summed E-state index contributed by atoms with van der Waals surface area (Å²) in [6.45, 7) is 8.04. The fourth-order valence-corrected chi connectivity index (χ4v) is 2.74. The van der Waals surface area contributed by atoms with Crippen LogP contribution in [0.25, 0.3) is 0 Å². The molecule has 0 bridgehead atoms. The van der Waals surface area contributed by atoms with Gasteiger partial charge in [0, 0.05) is 32.6 Å². The van der Waals surface area contributed by atoms with Gasteiger partial charge in [0.1, 0.15) is 0 Å². The Labute approximate surface area is 124 Å². The first kappa shape index (κ1) is 17.4. The van der Waals surface area contributed by atoms with E-state index in [0.29, 0.717) is 5.91 Å². The van der Waals surface area contributed by atoms with E-state index in [9.17, 15) is 4.79 Å². The second-order valence-corrected chi connectivity index (χ2v) is 5.88. The van der Waals surface area contributed by atoms with Crippen LogP contribution in [0.2, 0.25) is 0 Å². The Hall–Kier alpha value is -0.610. The lowest BCUT2D eigenvalue weighted by molar-refractivity contribution is -0.133. The summed E-state index contributed by atoms with van der Waals surface area (Å²) in [7, 11) is 0. The Morgan fingerprint density at radius 3 is 2.30 bits per heavy atom. The van der Waals surface area contributed by atoms with Crippen molar-refractivity contribution in [2.45, 2.75) is 58.3 Å². The molecule has 1 heterocycles. The van der Waals surface area contributed by atoms with Crippen molar-refractivity contribution in [2.24, 2.45) is 5.73 Å². The molecular formula is C16H33N3O. The van der Waals surface area contributed by atoms with Gasteiger partial charge in [0.2, 0.25) is 5.91 Å². The normalized spacial score (nSPS) is 16.6. The lowest BCUT2D eigenvalue weighted by Gasteiger charge is -2.34. The second kappa shape index (κ2) is 11.1. The van der Waals surface area contributed by atoms with E-state index in [1.807, 2.05) is 0 Å². The Morgan fingerprint density at radius 1 is 0.950 bits per heavy atom. The van der Waals surface area contributed by atoms with Crippen molar-refractivity contribution in [1.82, 2.24) is 9.80 Å². The van der Waals surface area contributed by atoms with Gasteiger partial charge < -0.3 is 10.6 Å². The molecule has 0 aromatic carbocycles. The van der Waals surface area contributed by atoms with E-state index in [-0.39, 0.29) is 0 Å². The van der Waals surface area contributed by atoms with Crippen molar-refractivity contribution >= 4 is 5.91 Å². The van der Waals surface area contributed by atoms with Gasteiger partial charge in [-0.3, -0.25) is 9.69 Å². The molecule has 1 amide bonds. The predicted octanol–water partition coefficient (Wildman–Crippen LogP) is 2.23. The molecule has 4 heteroatoms. The molecule has 0 atom stereocenters. The Kier molecular flexibility index (Phi) is 9.67. The molecule has 0 aromatic heterocycles. The van der Waals surface area contributed by atoms with Crippen molar-refractivity contribution in [1.29, 1.82) is 0 Å². The van der Waals surface area contributed by atoms with Gasteiger partial charge in [-0.25, -0.2) is 0 Å². The fourth-order valence-electron chi connectivity index (χ4n) is 2.74. The number of unbranched alkanes of at least 4 members (excludes halogenated alkanes) is 5. The molecule has 1 saturated heterocycles. The van der Waals surface area contributed by atoms with Crippen LogP contribution in [0.5, 0.6) is 0 Å². The maximum absolute atomic E-state index is 12.1. The van der Waals surface area contributed by atoms with Crippen molar-refractivity contribution in [3.05, 3.63) is 0 Å². The Bertz CT molecular complexity index is 250. The maximum Gasteiger partial charge on any atom is 0.222 e. The van der Waals surface area contributed by atoms with E-state index in [1.165, 1.54) is 32.1 Å². The van der Waals surface area contributed by atoms with E-state index in [1.54, 1.807) is 0 Å². The van der Waals surface area contributed by atoms with Crippen LogP contribution in [-0.2, 0) is 4.79 Å². The Morgan fingerprint density at radius 2 is 1.65 bits per heavy atom. The molecule has 1 fully saturated rings. The maximum atomic E-state index is 12.1. The van der Waals surface area contributed by atoms with E-state index in [4.69, 9.17) is 5.73 Å². The third-order valence-electron chi connectivity index (χ3n) is 4.15. The Balaban J connectivity index is 2.06. The van der Waals surface area contributed by atoms with Crippen LogP contribution in [0.15, 0.2) is 0 Å². The minimum atomic E-state index is 0.364. The van der Waals surface area contributed by atoms with E-state index in [0.717, 1.165) is 58.5 Å². The minimum Gasteiger partial charge on any atom is -0.340 e. The van der Waals surface area contributed by atoms with Crippen molar-refractivity contribution < 1.29 is 4.79 Å². The van der Waals surface area contributed by atoms with Gasteiger partial charge in [0.15, 0.2) is 0 Å². The highest BCUT2D eigenvalue weighted by atomic mass is 16.2. The van der Waals surface area contributed by atoms with Crippen LogP contribution in [0.3, 0.4) is 0 Å². The van der Waals surface area contributed by atoms with Gasteiger partial charge in [-0.2, -0.15) is 0 Å². The number of carbonyl (C=O) groups is 1. The highest BCUT2D eigenvalue weighted by Gasteiger charge is 2.19. The first-order valence-corrected chi connectivity index (χ1v) is 8.48. The first-order chi connectivity index (χ1) is 9.77. The standard InChI is InChI=1S/C16H33N3O/c1-2-3-4-5-6-9-16(20)19-14-12-18(13-15-19)11-8-7-10-17/h2-15,17H2,1H3. The van der Waals surface area contributed by atoms with Crippen LogP contribution in [0, 0.1) is 0 Å². The van der Waals surface area contributed by atoms with Crippen LogP contribution >= 0.6 is 0 Å². The molecule has 1 rings (SSSR count). The van der Waals surface area contributed by atoms with Crippen molar-refractivity contribution in [2.75, 3.05) is 39.3 Å². The lowest BCUT2D eigenvalue weighted by Crippen LogP contribution is -2.48. The molecule has 118 valence electrons. The van der Waals surface area contributed by atoms with Crippen LogP contribution < -0.4 is 5.73 Å². The van der Waals surface area contributed by atoms with Gasteiger partial charge >= 0.3 is 0 Å². The summed E-state index contributed by atoms with van der Waals surface area (Å²) in [5.41, 5.74) is 5.51. The predicted molar refractivity (Wildman–Crippen MR) is 84.7 cm³/mol. The largest absolute Gasteiger partial charge is 0.340 e. The van der Waals surface area contributed by atoms with Crippen molar-refractivity contribution in [3.63, 3.8) is 0 Å². The zero-order chi connectivity index (χ0) is 14.6. The summed E-state index contributed by atoms with van der Waals surface area (Å²) in [6, 6.07) is 0. The number of hydrogen-bond acceptors (Lipinski definition) is 3. The molecule has 0 aromatic rings. The summed E-state index contributed by atoms with van der Waals surface area (Å²) < 4.78 is 0. The average molecular weight is 283 g/mol. The van der Waals surface area contributed by atoms with E-state index >= 15 is 0 Å². The summed E-state index contributed by atoms with van der Waals surface area (Å²) in [6.07, 6.45) is 9.15. The van der Waals surface area contributed by atoms with Crippen LogP contribution in [0.1, 0.15) is 58.3 Å². The number of amides is 1. The van der Waals surface area contributed by atoms with Gasteiger partial charge in [0.25, 0.3) is 0 Å². The number of nitrogens with two attached hydrogens (primary N) is 1. The summed E-state index contributed by atoms with van der Waals surface area (Å²) in [5, 5.41) is 0. The molecule has 0 aliphatic carbocycles. The zero-order valence-electron chi connectivity index (χ0n) is 13.3. The van der Waals surface area contributed by atoms with E-state index < -0.39 is 0 Å². The third kappa shape index (κ3) is 7.25. The monoisotopic (exact) mass is 283 g/mol. The molecule has 0 radical (unpaired) electrons. The molecule has 4 nitrogen and oxygen atoms in total. The first-order valence-electron chi connectivity index (χ1n) is 8.48. The van der Waals surface area contributed by atoms with Crippen molar-refractivity contribution in [3.8, 4) is 0 Å². The quantitative estimate of drug-likeness (QED) is 0.626. The fraction of sp³-hybridized carbons (Fsp3) is 0.938.